The Kier molecular flexibility index (Phi) is 5.95. The molecular weight excluding hydrogens is 412 g/mol. The van der Waals surface area contributed by atoms with Crippen LogP contribution in [0.2, 0.25) is 0 Å². The predicted octanol–water partition coefficient (Wildman–Crippen LogP) is 2.23. The van der Waals surface area contributed by atoms with Crippen LogP contribution < -0.4 is 26.2 Å². The Morgan fingerprint density at radius 3 is 2.59 bits per heavy atom. The molecule has 0 amide bonds. The molecule has 2 aromatic heterocycles. The van der Waals surface area contributed by atoms with Crippen LogP contribution in [0.1, 0.15) is 0 Å². The zero-order valence-electron chi connectivity index (χ0n) is 18.0. The minimum absolute atomic E-state index is 0.196. The summed E-state index contributed by atoms with van der Waals surface area (Å²) in [6.07, 6.45) is 1.34. The van der Waals surface area contributed by atoms with Crippen LogP contribution in [0, 0.1) is 0 Å². The Labute approximate surface area is 184 Å². The lowest BCUT2D eigenvalue weighted by Gasteiger charge is -2.13. The van der Waals surface area contributed by atoms with Gasteiger partial charge < -0.3 is 25.3 Å². The highest BCUT2D eigenvalue weighted by molar-refractivity contribution is 5.85. The topological polar surface area (TPSA) is 118 Å². The van der Waals surface area contributed by atoms with E-state index in [1.807, 2.05) is 6.07 Å². The van der Waals surface area contributed by atoms with Crippen molar-refractivity contribution < 1.29 is 14.2 Å². The van der Waals surface area contributed by atoms with Gasteiger partial charge in [-0.3, -0.25) is 4.57 Å². The Bertz CT molecular complexity index is 1310. The van der Waals surface area contributed by atoms with Crippen molar-refractivity contribution in [2.75, 3.05) is 45.5 Å². The molecule has 0 spiro atoms. The lowest BCUT2D eigenvalue weighted by molar-refractivity contribution is 0.146. The van der Waals surface area contributed by atoms with Gasteiger partial charge in [-0.05, 0) is 30.3 Å². The first-order valence-corrected chi connectivity index (χ1v) is 9.91. The maximum absolute atomic E-state index is 13.6. The molecule has 0 atom stereocenters. The molecule has 0 saturated heterocycles. The van der Waals surface area contributed by atoms with Crippen LogP contribution >= 0.6 is 0 Å². The monoisotopic (exact) mass is 436 g/mol. The molecule has 0 saturated carbocycles. The first-order valence-electron chi connectivity index (χ1n) is 9.91. The first kappa shape index (κ1) is 21.2. The number of aromatic nitrogens is 4. The normalized spacial score (nSPS) is 11.0. The van der Waals surface area contributed by atoms with Crippen LogP contribution in [0.3, 0.4) is 0 Å². The van der Waals surface area contributed by atoms with Crippen molar-refractivity contribution in [3.63, 3.8) is 0 Å². The van der Waals surface area contributed by atoms with E-state index in [9.17, 15) is 4.79 Å². The summed E-state index contributed by atoms with van der Waals surface area (Å²) >= 11 is 0. The van der Waals surface area contributed by atoms with Gasteiger partial charge in [-0.2, -0.15) is 0 Å². The summed E-state index contributed by atoms with van der Waals surface area (Å²) in [4.78, 5) is 22.1. The molecule has 4 rings (SSSR count). The zero-order chi connectivity index (χ0) is 22.7. The van der Waals surface area contributed by atoms with Crippen LogP contribution in [-0.4, -0.2) is 53.6 Å². The summed E-state index contributed by atoms with van der Waals surface area (Å²) in [5.74, 6) is 1.45. The Balaban J connectivity index is 1.92. The molecule has 0 aliphatic heterocycles. The van der Waals surface area contributed by atoms with Crippen LogP contribution in [0.5, 0.6) is 11.5 Å². The highest BCUT2D eigenvalue weighted by Gasteiger charge is 2.21. The molecule has 0 fully saturated rings. The van der Waals surface area contributed by atoms with Crippen molar-refractivity contribution in [1.82, 2.24) is 19.1 Å². The van der Waals surface area contributed by atoms with E-state index in [1.165, 1.54) is 15.5 Å². The molecule has 0 aliphatic carbocycles. The Morgan fingerprint density at radius 1 is 1.03 bits per heavy atom. The molecule has 166 valence electrons. The lowest BCUT2D eigenvalue weighted by Crippen LogP contribution is -2.22. The summed E-state index contributed by atoms with van der Waals surface area (Å²) in [7, 11) is 4.96. The van der Waals surface area contributed by atoms with Gasteiger partial charge in [-0.15, -0.1) is 0 Å². The Morgan fingerprint density at radius 2 is 1.84 bits per heavy atom. The van der Waals surface area contributed by atoms with E-state index in [0.29, 0.717) is 47.3 Å². The number of rotatable bonds is 8. The fourth-order valence-electron chi connectivity index (χ4n) is 3.48. The van der Waals surface area contributed by atoms with Crippen molar-refractivity contribution in [3.05, 3.63) is 59.3 Å². The zero-order valence-corrected chi connectivity index (χ0v) is 18.0. The fraction of sp³-hybridized carbons (Fsp3) is 0.227. The van der Waals surface area contributed by atoms with Crippen molar-refractivity contribution in [1.29, 1.82) is 0 Å². The molecule has 0 unspecified atom stereocenters. The quantitative estimate of drug-likeness (QED) is 0.404. The number of imidazole rings is 1. The highest BCUT2D eigenvalue weighted by Crippen LogP contribution is 2.29. The van der Waals surface area contributed by atoms with Gasteiger partial charge in [-0.1, -0.05) is 6.07 Å². The number of anilines is 2. The molecule has 2 heterocycles. The lowest BCUT2D eigenvalue weighted by atomic mass is 10.2. The number of ether oxygens (including phenoxy) is 3. The van der Waals surface area contributed by atoms with E-state index in [4.69, 9.17) is 19.9 Å². The second-order valence-corrected chi connectivity index (χ2v) is 6.86. The molecule has 0 bridgehead atoms. The standard InChI is InChI=1S/C22H24N6O4/c1-24-17-12-15(7-8-18(17)32-10-9-30-2)28-21-19(20(23)25-13-26-21)27(22(28)29)14-5-4-6-16(11-14)31-3/h4-8,11-13,24H,9-10H2,1-3H3,(H2,23,25,26). The third-order valence-electron chi connectivity index (χ3n) is 5.00. The van der Waals surface area contributed by atoms with Crippen molar-refractivity contribution >= 4 is 22.7 Å². The van der Waals surface area contributed by atoms with Gasteiger partial charge in [0.25, 0.3) is 0 Å². The van der Waals surface area contributed by atoms with E-state index in [0.717, 1.165) is 5.69 Å². The number of benzene rings is 2. The minimum Gasteiger partial charge on any atom is -0.497 e. The predicted molar refractivity (Wildman–Crippen MR) is 122 cm³/mol. The van der Waals surface area contributed by atoms with Crippen LogP contribution in [-0.2, 0) is 4.74 Å². The average molecular weight is 436 g/mol. The summed E-state index contributed by atoms with van der Waals surface area (Å²) < 4.78 is 19.1. The van der Waals surface area contributed by atoms with Crippen molar-refractivity contribution in [2.24, 2.45) is 0 Å². The molecule has 10 nitrogen and oxygen atoms in total. The third-order valence-corrected chi connectivity index (χ3v) is 5.00. The van der Waals surface area contributed by atoms with Crippen LogP contribution in [0.4, 0.5) is 11.5 Å². The number of hydrogen-bond acceptors (Lipinski definition) is 8. The number of fused-ring (bicyclic) bond motifs is 1. The number of nitrogens with one attached hydrogen (secondary N) is 1. The van der Waals surface area contributed by atoms with Gasteiger partial charge in [0.2, 0.25) is 0 Å². The molecule has 2 aromatic carbocycles. The van der Waals surface area contributed by atoms with Gasteiger partial charge in [0, 0.05) is 20.2 Å². The summed E-state index contributed by atoms with van der Waals surface area (Å²) in [5, 5.41) is 3.10. The van der Waals surface area contributed by atoms with Gasteiger partial charge in [0.15, 0.2) is 11.5 Å². The Hall–Kier alpha value is -4.05. The van der Waals surface area contributed by atoms with Crippen LogP contribution in [0.15, 0.2) is 53.6 Å². The van der Waals surface area contributed by atoms with E-state index >= 15 is 0 Å². The maximum atomic E-state index is 13.6. The SMILES string of the molecule is CNc1cc(-n2c(=O)n(-c3cccc(OC)c3)c3c(N)ncnc32)ccc1OCCOC. The number of nitrogens with two attached hydrogens (primary N) is 1. The second kappa shape index (κ2) is 8.98. The molecule has 0 radical (unpaired) electrons. The maximum Gasteiger partial charge on any atom is 0.339 e. The summed E-state index contributed by atoms with van der Waals surface area (Å²) in [5.41, 5.74) is 8.55. The molecule has 4 aromatic rings. The van der Waals surface area contributed by atoms with Crippen molar-refractivity contribution in [2.45, 2.75) is 0 Å². The minimum atomic E-state index is -0.337. The van der Waals surface area contributed by atoms with E-state index < -0.39 is 0 Å². The van der Waals surface area contributed by atoms with Gasteiger partial charge in [0.1, 0.15) is 29.9 Å². The van der Waals surface area contributed by atoms with E-state index in [1.54, 1.807) is 57.7 Å². The van der Waals surface area contributed by atoms with Gasteiger partial charge in [0.05, 0.1) is 30.8 Å². The average Bonchev–Trinajstić information content (AvgIpc) is 3.12. The largest absolute Gasteiger partial charge is 0.497 e. The summed E-state index contributed by atoms with van der Waals surface area (Å²) in [6, 6.07) is 12.6. The smallest absolute Gasteiger partial charge is 0.339 e. The number of methoxy groups -OCH3 is 2. The second-order valence-electron chi connectivity index (χ2n) is 6.86. The van der Waals surface area contributed by atoms with Crippen LogP contribution in [0.25, 0.3) is 22.5 Å². The number of hydrogen-bond donors (Lipinski definition) is 2. The third kappa shape index (κ3) is 3.71. The molecule has 3 N–H and O–H groups in total. The van der Waals surface area contributed by atoms with Gasteiger partial charge >= 0.3 is 5.69 Å². The molecule has 32 heavy (non-hydrogen) atoms. The van der Waals surface area contributed by atoms with E-state index in [2.05, 4.69) is 15.3 Å². The number of nitrogens with zero attached hydrogens (tertiary/aromatic N) is 4. The highest BCUT2D eigenvalue weighted by atomic mass is 16.5. The number of nitrogen functional groups attached to an aromatic ring is 1. The van der Waals surface area contributed by atoms with Gasteiger partial charge in [-0.25, -0.2) is 19.3 Å². The fourth-order valence-corrected chi connectivity index (χ4v) is 3.48. The molecule has 0 aliphatic rings. The molecular formula is C22H24N6O4. The molecule has 10 heteroatoms. The van der Waals surface area contributed by atoms with Crippen molar-refractivity contribution in [3.8, 4) is 22.9 Å². The van der Waals surface area contributed by atoms with E-state index in [-0.39, 0.29) is 11.5 Å². The summed E-state index contributed by atoms with van der Waals surface area (Å²) in [6.45, 7) is 0.873. The first-order chi connectivity index (χ1) is 15.6.